The highest BCUT2D eigenvalue weighted by atomic mass is 14.9. The van der Waals surface area contributed by atoms with E-state index < -0.39 is 0 Å². The highest BCUT2D eigenvalue weighted by molar-refractivity contribution is 4.80. The van der Waals surface area contributed by atoms with Crippen LogP contribution >= 0.6 is 0 Å². The summed E-state index contributed by atoms with van der Waals surface area (Å²) in [6, 6.07) is 1.18. The molecule has 0 amide bonds. The van der Waals surface area contributed by atoms with Gasteiger partial charge in [0.05, 0.1) is 0 Å². The van der Waals surface area contributed by atoms with E-state index in [9.17, 15) is 0 Å². The fourth-order valence-corrected chi connectivity index (χ4v) is 2.87. The van der Waals surface area contributed by atoms with Gasteiger partial charge in [0.2, 0.25) is 0 Å². The second kappa shape index (κ2) is 6.61. The van der Waals surface area contributed by atoms with E-state index in [-0.39, 0.29) is 0 Å². The number of nitrogens with one attached hydrogen (secondary N) is 1. The van der Waals surface area contributed by atoms with Crippen molar-refractivity contribution in [2.24, 2.45) is 23.5 Å². The lowest BCUT2D eigenvalue weighted by atomic mass is 9.84. The first-order valence-corrected chi connectivity index (χ1v) is 6.99. The van der Waals surface area contributed by atoms with Gasteiger partial charge >= 0.3 is 0 Å². The summed E-state index contributed by atoms with van der Waals surface area (Å²) >= 11 is 0. The molecule has 0 aromatic carbocycles. The summed E-state index contributed by atoms with van der Waals surface area (Å²) in [5.74, 6) is 2.35. The van der Waals surface area contributed by atoms with Crippen LogP contribution in [0.15, 0.2) is 0 Å². The minimum atomic E-state index is 0.462. The van der Waals surface area contributed by atoms with Crippen LogP contribution in [0.3, 0.4) is 0 Å². The van der Waals surface area contributed by atoms with Crippen molar-refractivity contribution in [2.75, 3.05) is 6.54 Å². The quantitative estimate of drug-likeness (QED) is 0.756. The van der Waals surface area contributed by atoms with Crippen molar-refractivity contribution in [3.63, 3.8) is 0 Å². The van der Waals surface area contributed by atoms with Crippen LogP contribution in [0.1, 0.15) is 53.4 Å². The highest BCUT2D eigenvalue weighted by Crippen LogP contribution is 2.22. The molecule has 1 fully saturated rings. The van der Waals surface area contributed by atoms with Crippen LogP contribution in [0.25, 0.3) is 0 Å². The lowest BCUT2D eigenvalue weighted by Crippen LogP contribution is -2.41. The molecule has 0 atom stereocenters. The SMILES string of the molecule is CC(C)C(CNC1CCC(N)CC1)C(C)C. The van der Waals surface area contributed by atoms with Gasteiger partial charge < -0.3 is 11.1 Å². The van der Waals surface area contributed by atoms with E-state index in [0.717, 1.165) is 23.8 Å². The Morgan fingerprint density at radius 3 is 1.94 bits per heavy atom. The zero-order valence-corrected chi connectivity index (χ0v) is 11.5. The molecule has 1 saturated carbocycles. The summed E-state index contributed by atoms with van der Waals surface area (Å²) < 4.78 is 0. The molecule has 2 heteroatoms. The van der Waals surface area contributed by atoms with Crippen molar-refractivity contribution in [3.05, 3.63) is 0 Å². The minimum Gasteiger partial charge on any atom is -0.328 e. The van der Waals surface area contributed by atoms with Crippen LogP contribution in [0.5, 0.6) is 0 Å². The molecule has 0 aromatic rings. The van der Waals surface area contributed by atoms with Crippen LogP contribution in [-0.4, -0.2) is 18.6 Å². The molecule has 96 valence electrons. The molecule has 0 heterocycles. The maximum atomic E-state index is 5.92. The van der Waals surface area contributed by atoms with Gasteiger partial charge in [-0.3, -0.25) is 0 Å². The normalized spacial score (nSPS) is 27.0. The summed E-state index contributed by atoms with van der Waals surface area (Å²) in [6.07, 6.45) is 4.94. The molecule has 0 bridgehead atoms. The summed E-state index contributed by atoms with van der Waals surface area (Å²) in [7, 11) is 0. The van der Waals surface area contributed by atoms with E-state index in [1.807, 2.05) is 0 Å². The van der Waals surface area contributed by atoms with Gasteiger partial charge in [-0.25, -0.2) is 0 Å². The third-order valence-electron chi connectivity index (χ3n) is 4.13. The Hall–Kier alpha value is -0.0800. The fraction of sp³-hybridized carbons (Fsp3) is 1.00. The molecule has 0 aliphatic heterocycles. The van der Waals surface area contributed by atoms with E-state index in [0.29, 0.717) is 6.04 Å². The number of hydrogen-bond acceptors (Lipinski definition) is 2. The zero-order valence-electron chi connectivity index (χ0n) is 11.5. The Labute approximate surface area is 101 Å². The Bertz CT molecular complexity index is 173. The molecule has 1 aliphatic carbocycles. The van der Waals surface area contributed by atoms with Gasteiger partial charge in [0.25, 0.3) is 0 Å². The van der Waals surface area contributed by atoms with E-state index in [1.54, 1.807) is 0 Å². The maximum Gasteiger partial charge on any atom is 0.00683 e. The Kier molecular flexibility index (Phi) is 5.77. The van der Waals surface area contributed by atoms with Gasteiger partial charge in [0.1, 0.15) is 0 Å². The van der Waals surface area contributed by atoms with Gasteiger partial charge in [-0.2, -0.15) is 0 Å². The highest BCUT2D eigenvalue weighted by Gasteiger charge is 2.21. The molecule has 3 N–H and O–H groups in total. The first-order chi connectivity index (χ1) is 7.50. The maximum absolute atomic E-state index is 5.92. The Balaban J connectivity index is 2.27. The summed E-state index contributed by atoms with van der Waals surface area (Å²) in [5.41, 5.74) is 5.92. The Morgan fingerprint density at radius 2 is 1.50 bits per heavy atom. The minimum absolute atomic E-state index is 0.462. The van der Waals surface area contributed by atoms with Crippen molar-refractivity contribution in [1.82, 2.24) is 5.32 Å². The first-order valence-electron chi connectivity index (χ1n) is 6.99. The van der Waals surface area contributed by atoms with Crippen molar-refractivity contribution >= 4 is 0 Å². The summed E-state index contributed by atoms with van der Waals surface area (Å²) in [4.78, 5) is 0. The predicted octanol–water partition coefficient (Wildman–Crippen LogP) is 2.77. The lowest BCUT2D eigenvalue weighted by molar-refractivity contribution is 0.247. The zero-order chi connectivity index (χ0) is 12.1. The van der Waals surface area contributed by atoms with Gasteiger partial charge in [-0.05, 0) is 50.0 Å². The fourth-order valence-electron chi connectivity index (χ4n) is 2.87. The van der Waals surface area contributed by atoms with Crippen molar-refractivity contribution in [3.8, 4) is 0 Å². The molecule has 0 radical (unpaired) electrons. The second-order valence-corrected chi connectivity index (χ2v) is 6.17. The van der Waals surface area contributed by atoms with Crippen LogP contribution in [-0.2, 0) is 0 Å². The van der Waals surface area contributed by atoms with Crippen LogP contribution in [0.2, 0.25) is 0 Å². The lowest BCUT2D eigenvalue weighted by Gasteiger charge is -2.31. The van der Waals surface area contributed by atoms with Gasteiger partial charge in [-0.1, -0.05) is 27.7 Å². The van der Waals surface area contributed by atoms with E-state index in [1.165, 1.54) is 32.2 Å². The molecule has 16 heavy (non-hydrogen) atoms. The average molecular weight is 226 g/mol. The Morgan fingerprint density at radius 1 is 1.00 bits per heavy atom. The van der Waals surface area contributed by atoms with Gasteiger partial charge in [0, 0.05) is 12.1 Å². The predicted molar refractivity (Wildman–Crippen MR) is 71.4 cm³/mol. The van der Waals surface area contributed by atoms with Gasteiger partial charge in [-0.15, -0.1) is 0 Å². The van der Waals surface area contributed by atoms with Crippen molar-refractivity contribution in [1.29, 1.82) is 0 Å². The average Bonchev–Trinajstić information content (AvgIpc) is 2.20. The van der Waals surface area contributed by atoms with Crippen LogP contribution in [0.4, 0.5) is 0 Å². The summed E-state index contributed by atoms with van der Waals surface area (Å²) in [5, 5.41) is 3.75. The van der Waals surface area contributed by atoms with E-state index in [2.05, 4.69) is 33.0 Å². The molecule has 0 saturated heterocycles. The van der Waals surface area contributed by atoms with Crippen LogP contribution < -0.4 is 11.1 Å². The smallest absolute Gasteiger partial charge is 0.00683 e. The molecule has 1 aliphatic rings. The molecule has 0 aromatic heterocycles. The molecule has 0 unspecified atom stereocenters. The largest absolute Gasteiger partial charge is 0.328 e. The monoisotopic (exact) mass is 226 g/mol. The standard InChI is InChI=1S/C14H30N2/c1-10(2)14(11(3)4)9-16-13-7-5-12(15)6-8-13/h10-14,16H,5-9,15H2,1-4H3. The van der Waals surface area contributed by atoms with Crippen molar-refractivity contribution in [2.45, 2.75) is 65.5 Å². The molecular formula is C14H30N2. The number of rotatable bonds is 5. The van der Waals surface area contributed by atoms with E-state index in [4.69, 9.17) is 5.73 Å². The molecule has 2 nitrogen and oxygen atoms in total. The van der Waals surface area contributed by atoms with E-state index >= 15 is 0 Å². The third-order valence-corrected chi connectivity index (χ3v) is 4.13. The number of nitrogens with two attached hydrogens (primary N) is 1. The van der Waals surface area contributed by atoms with Crippen LogP contribution in [0, 0.1) is 17.8 Å². The molecular weight excluding hydrogens is 196 g/mol. The summed E-state index contributed by atoms with van der Waals surface area (Å²) in [6.45, 7) is 10.5. The van der Waals surface area contributed by atoms with Crippen molar-refractivity contribution < 1.29 is 0 Å². The first kappa shape index (κ1) is 14.0. The molecule has 1 rings (SSSR count). The third kappa shape index (κ3) is 4.42. The number of hydrogen-bond donors (Lipinski definition) is 2. The molecule has 0 spiro atoms. The second-order valence-electron chi connectivity index (χ2n) is 6.17. The van der Waals surface area contributed by atoms with Gasteiger partial charge in [0.15, 0.2) is 0 Å². The topological polar surface area (TPSA) is 38.0 Å².